The van der Waals surface area contributed by atoms with Gasteiger partial charge in [-0.15, -0.1) is 0 Å². The number of benzene rings is 1. The summed E-state index contributed by atoms with van der Waals surface area (Å²) >= 11 is 0. The van der Waals surface area contributed by atoms with Crippen LogP contribution in [0.2, 0.25) is 0 Å². The summed E-state index contributed by atoms with van der Waals surface area (Å²) < 4.78 is 0. The third kappa shape index (κ3) is 4.32. The number of hydrazine groups is 1. The number of hydrogen-bond donors (Lipinski definition) is 4. The van der Waals surface area contributed by atoms with E-state index in [9.17, 15) is 14.9 Å². The number of nitrogens with two attached hydrogens (primary N) is 1. The molecule has 1 aliphatic carbocycles. The SMILES string of the molecule is NNc1cccc(NCCCC(=O)NC2CC2)c1[N+](=O)[O-]. The summed E-state index contributed by atoms with van der Waals surface area (Å²) in [7, 11) is 0. The second kappa shape index (κ2) is 6.89. The number of hydrogen-bond acceptors (Lipinski definition) is 6. The third-order valence-electron chi connectivity index (χ3n) is 3.21. The van der Waals surface area contributed by atoms with E-state index in [0.29, 0.717) is 31.1 Å². The van der Waals surface area contributed by atoms with Gasteiger partial charge >= 0.3 is 5.69 Å². The number of nitro groups is 1. The van der Waals surface area contributed by atoms with Crippen LogP contribution in [0.25, 0.3) is 0 Å². The highest BCUT2D eigenvalue weighted by Gasteiger charge is 2.23. The Kier molecular flexibility index (Phi) is 4.94. The molecule has 0 aromatic heterocycles. The first-order valence-corrected chi connectivity index (χ1v) is 6.89. The van der Waals surface area contributed by atoms with E-state index < -0.39 is 4.92 Å². The first kappa shape index (κ1) is 15.0. The Bertz CT molecular complexity index is 531. The normalized spacial score (nSPS) is 13.6. The minimum atomic E-state index is -0.489. The highest BCUT2D eigenvalue weighted by atomic mass is 16.6. The monoisotopic (exact) mass is 293 g/mol. The fourth-order valence-electron chi connectivity index (χ4n) is 2.00. The van der Waals surface area contributed by atoms with Gasteiger partial charge in [-0.05, 0) is 31.4 Å². The van der Waals surface area contributed by atoms with Crippen LogP contribution in [0.5, 0.6) is 0 Å². The molecule has 1 aliphatic rings. The number of carbonyl (C=O) groups excluding carboxylic acids is 1. The van der Waals surface area contributed by atoms with Crippen LogP contribution in [0.3, 0.4) is 0 Å². The molecule has 8 nitrogen and oxygen atoms in total. The van der Waals surface area contributed by atoms with Crippen molar-refractivity contribution in [1.29, 1.82) is 0 Å². The number of rotatable bonds is 8. The molecule has 1 aromatic carbocycles. The molecule has 0 unspecified atom stereocenters. The van der Waals surface area contributed by atoms with Gasteiger partial charge in [0.15, 0.2) is 0 Å². The molecule has 0 spiro atoms. The third-order valence-corrected chi connectivity index (χ3v) is 3.21. The summed E-state index contributed by atoms with van der Waals surface area (Å²) in [5.74, 6) is 5.30. The number of anilines is 2. The summed E-state index contributed by atoms with van der Waals surface area (Å²) in [5.41, 5.74) is 2.85. The molecule has 1 aromatic rings. The molecule has 1 amide bonds. The molecule has 0 saturated heterocycles. The van der Waals surface area contributed by atoms with Crippen molar-refractivity contribution in [2.75, 3.05) is 17.3 Å². The predicted molar refractivity (Wildman–Crippen MR) is 79.8 cm³/mol. The number of nitrogen functional groups attached to an aromatic ring is 1. The molecule has 1 fully saturated rings. The van der Waals surface area contributed by atoms with Gasteiger partial charge in [0.05, 0.1) is 4.92 Å². The molecule has 114 valence electrons. The first-order chi connectivity index (χ1) is 10.1. The summed E-state index contributed by atoms with van der Waals surface area (Å²) in [4.78, 5) is 22.1. The molecule has 5 N–H and O–H groups in total. The standard InChI is InChI=1S/C13H19N5O3/c14-17-11-4-1-3-10(13(11)18(20)21)15-8-2-5-12(19)16-9-6-7-9/h1,3-4,9,15,17H,2,5-8,14H2,(H,16,19). The van der Waals surface area contributed by atoms with Crippen molar-refractivity contribution in [2.24, 2.45) is 5.84 Å². The van der Waals surface area contributed by atoms with Gasteiger partial charge in [-0.25, -0.2) is 0 Å². The Morgan fingerprint density at radius 3 is 2.71 bits per heavy atom. The maximum absolute atomic E-state index is 11.5. The number of nitro benzene ring substituents is 1. The lowest BCUT2D eigenvalue weighted by atomic mass is 10.2. The lowest BCUT2D eigenvalue weighted by molar-refractivity contribution is -0.383. The second-order valence-corrected chi connectivity index (χ2v) is 4.98. The van der Waals surface area contributed by atoms with Gasteiger partial charge in [0.1, 0.15) is 11.4 Å². The average molecular weight is 293 g/mol. The van der Waals surface area contributed by atoms with Crippen LogP contribution in [0.15, 0.2) is 18.2 Å². The summed E-state index contributed by atoms with van der Waals surface area (Å²) in [6.07, 6.45) is 3.15. The molecule has 0 aliphatic heterocycles. The van der Waals surface area contributed by atoms with Gasteiger partial charge in [0.2, 0.25) is 5.91 Å². The zero-order valence-electron chi connectivity index (χ0n) is 11.6. The predicted octanol–water partition coefficient (Wildman–Crippen LogP) is 1.35. The van der Waals surface area contributed by atoms with Gasteiger partial charge in [-0.3, -0.25) is 20.8 Å². The number of nitrogens with zero attached hydrogens (tertiary/aromatic N) is 1. The Hall–Kier alpha value is -2.35. The number of carbonyl (C=O) groups is 1. The maximum Gasteiger partial charge on any atom is 0.316 e. The maximum atomic E-state index is 11.5. The topological polar surface area (TPSA) is 122 Å². The van der Waals surface area contributed by atoms with Crippen molar-refractivity contribution in [1.82, 2.24) is 5.32 Å². The highest BCUT2D eigenvalue weighted by Crippen LogP contribution is 2.32. The zero-order valence-corrected chi connectivity index (χ0v) is 11.6. The van der Waals surface area contributed by atoms with Gasteiger partial charge in [0.25, 0.3) is 0 Å². The van der Waals surface area contributed by atoms with E-state index >= 15 is 0 Å². The number of amides is 1. The van der Waals surface area contributed by atoms with Crippen molar-refractivity contribution in [3.05, 3.63) is 28.3 Å². The average Bonchev–Trinajstić information content (AvgIpc) is 3.26. The van der Waals surface area contributed by atoms with E-state index in [1.54, 1.807) is 12.1 Å². The van der Waals surface area contributed by atoms with Crippen molar-refractivity contribution in [3.8, 4) is 0 Å². The lowest BCUT2D eigenvalue weighted by Gasteiger charge is -2.09. The van der Waals surface area contributed by atoms with E-state index in [0.717, 1.165) is 12.8 Å². The molecular formula is C13H19N5O3. The van der Waals surface area contributed by atoms with E-state index in [4.69, 9.17) is 5.84 Å². The van der Waals surface area contributed by atoms with E-state index in [1.807, 2.05) is 0 Å². The summed E-state index contributed by atoms with van der Waals surface area (Å²) in [5, 5.41) is 17.0. The minimum Gasteiger partial charge on any atom is -0.379 e. The molecular weight excluding hydrogens is 274 g/mol. The van der Waals surface area contributed by atoms with Crippen LogP contribution in [0.1, 0.15) is 25.7 Å². The van der Waals surface area contributed by atoms with E-state index in [1.165, 1.54) is 6.07 Å². The van der Waals surface area contributed by atoms with Crippen LogP contribution in [-0.2, 0) is 4.79 Å². The lowest BCUT2D eigenvalue weighted by Crippen LogP contribution is -2.25. The molecule has 0 atom stereocenters. The molecule has 1 saturated carbocycles. The second-order valence-electron chi connectivity index (χ2n) is 4.98. The van der Waals surface area contributed by atoms with Crippen LogP contribution in [0.4, 0.5) is 17.1 Å². The first-order valence-electron chi connectivity index (χ1n) is 6.89. The van der Waals surface area contributed by atoms with Crippen LogP contribution in [-0.4, -0.2) is 23.4 Å². The molecule has 0 heterocycles. The Balaban J connectivity index is 1.84. The zero-order chi connectivity index (χ0) is 15.2. The van der Waals surface area contributed by atoms with Gasteiger partial charge in [0, 0.05) is 19.0 Å². The van der Waals surface area contributed by atoms with Gasteiger partial charge < -0.3 is 16.1 Å². The van der Waals surface area contributed by atoms with Crippen molar-refractivity contribution in [3.63, 3.8) is 0 Å². The van der Waals surface area contributed by atoms with Crippen molar-refractivity contribution >= 4 is 23.0 Å². The fourth-order valence-corrected chi connectivity index (χ4v) is 2.00. The van der Waals surface area contributed by atoms with Gasteiger partial charge in [-0.1, -0.05) is 6.07 Å². The Morgan fingerprint density at radius 1 is 1.38 bits per heavy atom. The number of para-hydroxylation sites is 1. The smallest absolute Gasteiger partial charge is 0.316 e. The van der Waals surface area contributed by atoms with Crippen molar-refractivity contribution in [2.45, 2.75) is 31.7 Å². The summed E-state index contributed by atoms with van der Waals surface area (Å²) in [6.45, 7) is 0.479. The Labute approximate surface area is 122 Å². The molecule has 0 bridgehead atoms. The van der Waals surface area contributed by atoms with Crippen LogP contribution >= 0.6 is 0 Å². The summed E-state index contributed by atoms with van der Waals surface area (Å²) in [6, 6.07) is 5.18. The molecule has 21 heavy (non-hydrogen) atoms. The molecule has 0 radical (unpaired) electrons. The van der Waals surface area contributed by atoms with Crippen LogP contribution < -0.4 is 21.9 Å². The quantitative estimate of drug-likeness (QED) is 0.248. The highest BCUT2D eigenvalue weighted by molar-refractivity contribution is 5.77. The number of nitrogens with one attached hydrogen (secondary N) is 3. The van der Waals surface area contributed by atoms with E-state index in [-0.39, 0.29) is 17.3 Å². The largest absolute Gasteiger partial charge is 0.379 e. The van der Waals surface area contributed by atoms with E-state index in [2.05, 4.69) is 16.1 Å². The Morgan fingerprint density at radius 2 is 2.10 bits per heavy atom. The molecule has 2 rings (SSSR count). The van der Waals surface area contributed by atoms with Crippen LogP contribution in [0, 0.1) is 10.1 Å². The van der Waals surface area contributed by atoms with Crippen molar-refractivity contribution < 1.29 is 9.72 Å². The molecule has 8 heteroatoms. The van der Waals surface area contributed by atoms with Gasteiger partial charge in [-0.2, -0.15) is 0 Å². The fraction of sp³-hybridized carbons (Fsp3) is 0.462. The minimum absolute atomic E-state index is 0.0335.